The summed E-state index contributed by atoms with van der Waals surface area (Å²) in [6.45, 7) is 4.27. The zero-order valence-electron chi connectivity index (χ0n) is 18.6. The van der Waals surface area contributed by atoms with E-state index in [2.05, 4.69) is 31.0 Å². The Morgan fingerprint density at radius 1 is 1.07 bits per heavy atom. The van der Waals surface area contributed by atoms with E-state index in [1.54, 1.807) is 0 Å². The molecule has 0 saturated heterocycles. The molecule has 0 amide bonds. The Labute approximate surface area is 181 Å². The van der Waals surface area contributed by atoms with Crippen LogP contribution in [0.5, 0.6) is 0 Å². The SMILES string of the molecule is CCCCCN(C)Cc1ccc(COC(=O)[C@@H](c2ccccc2)C2CCCCC2)o1. The van der Waals surface area contributed by atoms with Crippen molar-refractivity contribution < 1.29 is 13.9 Å². The molecule has 1 fully saturated rings. The van der Waals surface area contributed by atoms with Crippen LogP contribution in [0.15, 0.2) is 46.9 Å². The summed E-state index contributed by atoms with van der Waals surface area (Å²) in [5.74, 6) is 1.72. The highest BCUT2D eigenvalue weighted by Gasteiger charge is 2.32. The Morgan fingerprint density at radius 3 is 2.53 bits per heavy atom. The molecule has 4 heteroatoms. The topological polar surface area (TPSA) is 42.7 Å². The summed E-state index contributed by atoms with van der Waals surface area (Å²) < 4.78 is 11.7. The fourth-order valence-corrected chi connectivity index (χ4v) is 4.52. The van der Waals surface area contributed by atoms with Crippen molar-refractivity contribution in [2.24, 2.45) is 5.92 Å². The number of esters is 1. The standard InChI is InChI=1S/C26H37NO3/c1-3-4-11-18-27(2)19-23-16-17-24(30-23)20-29-26(28)25(21-12-7-5-8-13-21)22-14-9-6-10-15-22/h5,7-8,12-13,16-17,22,25H,3-4,6,9-11,14-15,18-20H2,1-2H3/t25-/m0/s1. The highest BCUT2D eigenvalue weighted by Crippen LogP contribution is 2.37. The molecule has 1 aliphatic rings. The summed E-state index contributed by atoms with van der Waals surface area (Å²) in [6, 6.07) is 14.1. The van der Waals surface area contributed by atoms with Gasteiger partial charge in [-0.2, -0.15) is 0 Å². The van der Waals surface area contributed by atoms with Crippen LogP contribution in [-0.2, 0) is 22.7 Å². The van der Waals surface area contributed by atoms with E-state index in [0.717, 1.165) is 43.0 Å². The molecule has 164 valence electrons. The Bertz CT molecular complexity index is 749. The first kappa shape index (κ1) is 22.6. The van der Waals surface area contributed by atoms with Crippen molar-refractivity contribution in [1.29, 1.82) is 0 Å². The molecule has 1 heterocycles. The number of furan rings is 1. The van der Waals surface area contributed by atoms with Crippen LogP contribution in [0, 0.1) is 5.92 Å². The van der Waals surface area contributed by atoms with Crippen LogP contribution in [-0.4, -0.2) is 24.5 Å². The third kappa shape index (κ3) is 6.73. The van der Waals surface area contributed by atoms with Gasteiger partial charge in [0.05, 0.1) is 12.5 Å². The number of unbranched alkanes of at least 4 members (excludes halogenated alkanes) is 2. The number of ether oxygens (including phenoxy) is 1. The third-order valence-electron chi connectivity index (χ3n) is 6.18. The third-order valence-corrected chi connectivity index (χ3v) is 6.18. The fourth-order valence-electron chi connectivity index (χ4n) is 4.52. The second-order valence-electron chi connectivity index (χ2n) is 8.71. The minimum Gasteiger partial charge on any atom is -0.461 e. The van der Waals surface area contributed by atoms with Crippen molar-refractivity contribution in [3.63, 3.8) is 0 Å². The van der Waals surface area contributed by atoms with Crippen molar-refractivity contribution in [1.82, 2.24) is 4.90 Å². The Kier molecular flexibility index (Phi) is 9.00. The van der Waals surface area contributed by atoms with Crippen LogP contribution in [0.2, 0.25) is 0 Å². The van der Waals surface area contributed by atoms with Crippen LogP contribution in [0.3, 0.4) is 0 Å². The molecule has 1 atom stereocenters. The first-order chi connectivity index (χ1) is 14.7. The second-order valence-corrected chi connectivity index (χ2v) is 8.71. The van der Waals surface area contributed by atoms with Gasteiger partial charge in [-0.1, -0.05) is 69.4 Å². The highest BCUT2D eigenvalue weighted by molar-refractivity contribution is 5.78. The summed E-state index contributed by atoms with van der Waals surface area (Å²) in [5.41, 5.74) is 1.07. The predicted molar refractivity (Wildman–Crippen MR) is 120 cm³/mol. The summed E-state index contributed by atoms with van der Waals surface area (Å²) in [5, 5.41) is 0. The Balaban J connectivity index is 1.56. The van der Waals surface area contributed by atoms with Gasteiger partial charge in [0.15, 0.2) is 0 Å². The summed E-state index contributed by atoms with van der Waals surface area (Å²) >= 11 is 0. The zero-order chi connectivity index (χ0) is 21.2. The lowest BCUT2D eigenvalue weighted by Gasteiger charge is -2.29. The monoisotopic (exact) mass is 411 g/mol. The quantitative estimate of drug-likeness (QED) is 0.321. The van der Waals surface area contributed by atoms with E-state index in [4.69, 9.17) is 9.15 Å². The van der Waals surface area contributed by atoms with Gasteiger partial charge in [0, 0.05) is 0 Å². The van der Waals surface area contributed by atoms with Crippen LogP contribution < -0.4 is 0 Å². The maximum absolute atomic E-state index is 13.1. The lowest BCUT2D eigenvalue weighted by atomic mass is 9.77. The van der Waals surface area contributed by atoms with Crippen molar-refractivity contribution >= 4 is 5.97 Å². The van der Waals surface area contributed by atoms with Crippen LogP contribution in [0.1, 0.15) is 81.3 Å². The van der Waals surface area contributed by atoms with Crippen molar-refractivity contribution in [2.75, 3.05) is 13.6 Å². The molecule has 0 spiro atoms. The van der Waals surface area contributed by atoms with E-state index >= 15 is 0 Å². The second kappa shape index (κ2) is 11.9. The molecule has 2 aromatic rings. The number of carbonyl (C=O) groups excluding carboxylic acids is 1. The normalized spacial score (nSPS) is 16.0. The summed E-state index contributed by atoms with van der Waals surface area (Å²) in [6.07, 6.45) is 9.58. The van der Waals surface area contributed by atoms with Gasteiger partial charge < -0.3 is 9.15 Å². The number of hydrogen-bond donors (Lipinski definition) is 0. The molecule has 0 radical (unpaired) electrons. The largest absolute Gasteiger partial charge is 0.461 e. The minimum atomic E-state index is -0.175. The summed E-state index contributed by atoms with van der Waals surface area (Å²) in [7, 11) is 2.12. The van der Waals surface area contributed by atoms with Gasteiger partial charge in [0.1, 0.15) is 18.1 Å². The van der Waals surface area contributed by atoms with E-state index in [9.17, 15) is 4.79 Å². The van der Waals surface area contributed by atoms with E-state index in [0.29, 0.717) is 5.92 Å². The molecule has 0 N–H and O–H groups in total. The van der Waals surface area contributed by atoms with E-state index < -0.39 is 0 Å². The number of hydrogen-bond acceptors (Lipinski definition) is 4. The van der Waals surface area contributed by atoms with Gasteiger partial charge in [-0.3, -0.25) is 9.69 Å². The van der Waals surface area contributed by atoms with Crippen molar-refractivity contribution in [3.05, 3.63) is 59.5 Å². The predicted octanol–water partition coefficient (Wildman–Crippen LogP) is 6.31. The van der Waals surface area contributed by atoms with E-state index in [1.807, 2.05) is 30.3 Å². The minimum absolute atomic E-state index is 0.122. The zero-order valence-corrected chi connectivity index (χ0v) is 18.6. The fraction of sp³-hybridized carbons (Fsp3) is 0.577. The number of nitrogens with zero attached hydrogens (tertiary/aromatic N) is 1. The van der Waals surface area contributed by atoms with Crippen LogP contribution >= 0.6 is 0 Å². The summed E-state index contributed by atoms with van der Waals surface area (Å²) in [4.78, 5) is 15.4. The first-order valence-electron chi connectivity index (χ1n) is 11.6. The molecule has 1 aliphatic carbocycles. The number of benzene rings is 1. The van der Waals surface area contributed by atoms with Crippen molar-refractivity contribution in [2.45, 2.75) is 77.4 Å². The molecule has 1 aromatic carbocycles. The molecule has 3 rings (SSSR count). The smallest absolute Gasteiger partial charge is 0.314 e. The van der Waals surface area contributed by atoms with E-state index in [-0.39, 0.29) is 18.5 Å². The molecular weight excluding hydrogens is 374 g/mol. The van der Waals surface area contributed by atoms with Gasteiger partial charge in [-0.15, -0.1) is 0 Å². The Hall–Kier alpha value is -2.07. The lowest BCUT2D eigenvalue weighted by Crippen LogP contribution is -2.25. The average Bonchev–Trinajstić information content (AvgIpc) is 3.21. The lowest BCUT2D eigenvalue weighted by molar-refractivity contribution is -0.149. The van der Waals surface area contributed by atoms with Gasteiger partial charge in [-0.05, 0) is 56.5 Å². The van der Waals surface area contributed by atoms with Gasteiger partial charge >= 0.3 is 5.97 Å². The van der Waals surface area contributed by atoms with E-state index in [1.165, 1.54) is 38.5 Å². The molecule has 0 unspecified atom stereocenters. The van der Waals surface area contributed by atoms with Crippen molar-refractivity contribution in [3.8, 4) is 0 Å². The molecular formula is C26H37NO3. The number of carbonyl (C=O) groups is 1. The van der Waals surface area contributed by atoms with Gasteiger partial charge in [-0.25, -0.2) is 0 Å². The molecule has 1 saturated carbocycles. The molecule has 1 aromatic heterocycles. The first-order valence-corrected chi connectivity index (χ1v) is 11.6. The Morgan fingerprint density at radius 2 is 1.80 bits per heavy atom. The average molecular weight is 412 g/mol. The molecule has 0 bridgehead atoms. The molecule has 30 heavy (non-hydrogen) atoms. The van der Waals surface area contributed by atoms with Crippen LogP contribution in [0.25, 0.3) is 0 Å². The number of rotatable bonds is 11. The maximum Gasteiger partial charge on any atom is 0.314 e. The highest BCUT2D eigenvalue weighted by atomic mass is 16.5. The van der Waals surface area contributed by atoms with Gasteiger partial charge in [0.2, 0.25) is 0 Å². The maximum atomic E-state index is 13.1. The molecule has 4 nitrogen and oxygen atoms in total. The van der Waals surface area contributed by atoms with Gasteiger partial charge in [0.25, 0.3) is 0 Å². The van der Waals surface area contributed by atoms with Crippen LogP contribution in [0.4, 0.5) is 0 Å². The molecule has 0 aliphatic heterocycles.